The van der Waals surface area contributed by atoms with Gasteiger partial charge in [-0.25, -0.2) is 9.18 Å². The second-order valence-corrected chi connectivity index (χ2v) is 9.23. The SMILES string of the molecule is COc1c(F)cccc1C1=CC2CCC(C1)N2C(=O)OCC1c2ccccc2-c2ccccc21. The van der Waals surface area contributed by atoms with Crippen LogP contribution in [-0.2, 0) is 4.74 Å². The molecule has 0 saturated carbocycles. The largest absolute Gasteiger partial charge is 0.493 e. The van der Waals surface area contributed by atoms with Crippen molar-refractivity contribution < 1.29 is 18.7 Å². The predicted octanol–water partition coefficient (Wildman–Crippen LogP) is 6.40. The molecule has 1 amide bonds. The van der Waals surface area contributed by atoms with Crippen LogP contribution in [0.3, 0.4) is 0 Å². The number of ether oxygens (including phenoxy) is 2. The summed E-state index contributed by atoms with van der Waals surface area (Å²) in [5, 5.41) is 0. The minimum Gasteiger partial charge on any atom is -0.493 e. The number of fused-ring (bicyclic) bond motifs is 5. The number of carbonyl (C=O) groups excluding carboxylic acids is 1. The zero-order chi connectivity index (χ0) is 23.2. The maximum Gasteiger partial charge on any atom is 0.410 e. The van der Waals surface area contributed by atoms with Crippen molar-refractivity contribution in [1.82, 2.24) is 4.90 Å². The van der Waals surface area contributed by atoms with Gasteiger partial charge >= 0.3 is 6.09 Å². The number of halogens is 1. The van der Waals surface area contributed by atoms with Gasteiger partial charge in [-0.1, -0.05) is 66.7 Å². The Balaban J connectivity index is 1.21. The van der Waals surface area contributed by atoms with Crippen LogP contribution in [0.5, 0.6) is 5.75 Å². The highest BCUT2D eigenvalue weighted by Crippen LogP contribution is 2.45. The molecule has 3 aliphatic rings. The molecular weight excluding hydrogens is 429 g/mol. The lowest BCUT2D eigenvalue weighted by Gasteiger charge is -2.34. The highest BCUT2D eigenvalue weighted by molar-refractivity contribution is 5.80. The van der Waals surface area contributed by atoms with Crippen LogP contribution in [0.2, 0.25) is 0 Å². The van der Waals surface area contributed by atoms with E-state index in [2.05, 4.69) is 30.3 Å². The lowest BCUT2D eigenvalue weighted by atomic mass is 9.94. The van der Waals surface area contributed by atoms with E-state index in [1.165, 1.54) is 35.4 Å². The molecule has 6 rings (SSSR count). The van der Waals surface area contributed by atoms with E-state index in [0.717, 1.165) is 24.0 Å². The minimum absolute atomic E-state index is 0.0430. The fourth-order valence-corrected chi connectivity index (χ4v) is 5.95. The normalized spacial score (nSPS) is 20.5. The molecule has 34 heavy (non-hydrogen) atoms. The van der Waals surface area contributed by atoms with Gasteiger partial charge in [0.05, 0.1) is 13.2 Å². The Kier molecular flexibility index (Phi) is 5.13. The van der Waals surface area contributed by atoms with Crippen LogP contribution in [0.1, 0.15) is 41.9 Å². The van der Waals surface area contributed by atoms with Crippen LogP contribution in [0, 0.1) is 5.82 Å². The summed E-state index contributed by atoms with van der Waals surface area (Å²) in [4.78, 5) is 15.1. The van der Waals surface area contributed by atoms with Crippen LogP contribution in [0.4, 0.5) is 9.18 Å². The van der Waals surface area contributed by atoms with E-state index in [1.807, 2.05) is 35.2 Å². The van der Waals surface area contributed by atoms with Gasteiger partial charge in [0.25, 0.3) is 0 Å². The number of benzene rings is 3. The summed E-state index contributed by atoms with van der Waals surface area (Å²) in [5.41, 5.74) is 6.65. The Labute approximate surface area is 198 Å². The van der Waals surface area contributed by atoms with Crippen molar-refractivity contribution in [2.75, 3.05) is 13.7 Å². The van der Waals surface area contributed by atoms with Gasteiger partial charge in [0.15, 0.2) is 11.6 Å². The summed E-state index contributed by atoms with van der Waals surface area (Å²) in [6, 6.07) is 21.7. The molecule has 2 atom stereocenters. The van der Waals surface area contributed by atoms with E-state index in [1.54, 1.807) is 6.07 Å². The first-order valence-corrected chi connectivity index (χ1v) is 11.8. The van der Waals surface area contributed by atoms with Gasteiger partial charge in [0.2, 0.25) is 0 Å². The predicted molar refractivity (Wildman–Crippen MR) is 129 cm³/mol. The second kappa shape index (κ2) is 8.32. The van der Waals surface area contributed by atoms with E-state index in [-0.39, 0.29) is 35.7 Å². The average molecular weight is 456 g/mol. The van der Waals surface area contributed by atoms with Gasteiger partial charge in [-0.05, 0) is 53.2 Å². The third kappa shape index (κ3) is 3.30. The summed E-state index contributed by atoms with van der Waals surface area (Å²) in [6.07, 6.45) is 4.28. The molecule has 1 saturated heterocycles. The Hall–Kier alpha value is -3.60. The van der Waals surface area contributed by atoms with Crippen molar-refractivity contribution in [2.45, 2.75) is 37.3 Å². The molecule has 2 unspecified atom stereocenters. The van der Waals surface area contributed by atoms with Crippen molar-refractivity contribution in [2.24, 2.45) is 0 Å². The van der Waals surface area contributed by atoms with Crippen molar-refractivity contribution in [3.63, 3.8) is 0 Å². The molecule has 2 bridgehead atoms. The van der Waals surface area contributed by atoms with E-state index in [4.69, 9.17) is 9.47 Å². The third-order valence-electron chi connectivity index (χ3n) is 7.46. The number of carbonyl (C=O) groups is 1. The number of amides is 1. The molecule has 2 aliphatic heterocycles. The number of para-hydroxylation sites is 1. The standard InChI is InChI=1S/C29H26FNO3/c1-33-28-21(11-6-12-27(28)30)18-15-19-13-14-20(16-18)31(19)29(32)34-17-26-24-9-4-2-7-22(24)23-8-3-5-10-25(23)26/h2-12,15,19-20,26H,13-14,16-17H2,1H3. The van der Waals surface area contributed by atoms with Gasteiger partial charge < -0.3 is 9.47 Å². The van der Waals surface area contributed by atoms with Gasteiger partial charge in [-0.2, -0.15) is 0 Å². The van der Waals surface area contributed by atoms with Crippen LogP contribution in [0.25, 0.3) is 16.7 Å². The highest BCUT2D eigenvalue weighted by Gasteiger charge is 2.41. The molecule has 4 nitrogen and oxygen atoms in total. The van der Waals surface area contributed by atoms with Crippen LogP contribution < -0.4 is 4.74 Å². The topological polar surface area (TPSA) is 38.8 Å². The smallest absolute Gasteiger partial charge is 0.410 e. The van der Waals surface area contributed by atoms with Crippen LogP contribution in [-0.4, -0.2) is 36.8 Å². The fraction of sp³-hybridized carbons (Fsp3) is 0.276. The van der Waals surface area contributed by atoms with Gasteiger partial charge in [0, 0.05) is 17.5 Å². The zero-order valence-electron chi connectivity index (χ0n) is 19.0. The fourth-order valence-electron chi connectivity index (χ4n) is 5.95. The highest BCUT2D eigenvalue weighted by atomic mass is 19.1. The van der Waals surface area contributed by atoms with Gasteiger partial charge in [-0.3, -0.25) is 4.90 Å². The molecule has 3 aromatic rings. The zero-order valence-corrected chi connectivity index (χ0v) is 19.0. The van der Waals surface area contributed by atoms with Crippen molar-refractivity contribution >= 4 is 11.7 Å². The average Bonchev–Trinajstić information content (AvgIpc) is 3.33. The maximum absolute atomic E-state index is 14.2. The molecule has 3 aromatic carbocycles. The van der Waals surface area contributed by atoms with Crippen LogP contribution >= 0.6 is 0 Å². The van der Waals surface area contributed by atoms with E-state index in [9.17, 15) is 9.18 Å². The molecular formula is C29H26FNO3. The molecule has 1 fully saturated rings. The van der Waals surface area contributed by atoms with E-state index in [0.29, 0.717) is 13.0 Å². The lowest BCUT2D eigenvalue weighted by Crippen LogP contribution is -2.43. The van der Waals surface area contributed by atoms with Gasteiger partial charge in [0.1, 0.15) is 6.61 Å². The summed E-state index contributed by atoms with van der Waals surface area (Å²) >= 11 is 0. The molecule has 0 aromatic heterocycles. The number of hydrogen-bond donors (Lipinski definition) is 0. The van der Waals surface area contributed by atoms with Crippen molar-refractivity contribution in [1.29, 1.82) is 0 Å². The summed E-state index contributed by atoms with van der Waals surface area (Å²) in [6.45, 7) is 0.317. The quantitative estimate of drug-likeness (QED) is 0.457. The number of methoxy groups -OCH3 is 1. The van der Waals surface area contributed by atoms with E-state index >= 15 is 0 Å². The monoisotopic (exact) mass is 455 g/mol. The third-order valence-corrected chi connectivity index (χ3v) is 7.46. The summed E-state index contributed by atoms with van der Waals surface area (Å²) in [7, 11) is 1.49. The first-order valence-electron chi connectivity index (χ1n) is 11.8. The number of hydrogen-bond acceptors (Lipinski definition) is 3. The molecule has 1 aliphatic carbocycles. The first-order chi connectivity index (χ1) is 16.7. The Morgan fingerprint density at radius 1 is 0.941 bits per heavy atom. The number of nitrogens with zero attached hydrogens (tertiary/aromatic N) is 1. The van der Waals surface area contributed by atoms with Crippen molar-refractivity contribution in [3.8, 4) is 16.9 Å². The van der Waals surface area contributed by atoms with Crippen molar-refractivity contribution in [3.05, 3.63) is 95.3 Å². The molecule has 172 valence electrons. The summed E-state index contributed by atoms with van der Waals surface area (Å²) in [5.74, 6) is -0.0589. The van der Waals surface area contributed by atoms with E-state index < -0.39 is 0 Å². The Morgan fingerprint density at radius 2 is 1.62 bits per heavy atom. The lowest BCUT2D eigenvalue weighted by molar-refractivity contribution is 0.0866. The second-order valence-electron chi connectivity index (χ2n) is 9.23. The molecule has 0 radical (unpaired) electrons. The molecule has 2 heterocycles. The number of rotatable bonds is 4. The Bertz CT molecular complexity index is 1250. The van der Waals surface area contributed by atoms with Gasteiger partial charge in [-0.15, -0.1) is 0 Å². The maximum atomic E-state index is 14.2. The minimum atomic E-state index is -0.368. The Morgan fingerprint density at radius 3 is 2.29 bits per heavy atom. The molecule has 5 heteroatoms. The molecule has 0 N–H and O–H groups in total. The van der Waals surface area contributed by atoms with Crippen LogP contribution in [0.15, 0.2) is 72.8 Å². The first kappa shape index (κ1) is 21.0. The molecule has 0 spiro atoms. The summed E-state index contributed by atoms with van der Waals surface area (Å²) < 4.78 is 25.5.